The molecule has 0 aliphatic heterocycles. The van der Waals surface area contributed by atoms with Gasteiger partial charge in [0.05, 0.1) is 16.5 Å². The quantitative estimate of drug-likeness (QED) is 0.708. The molecule has 0 aliphatic rings. The molecule has 1 aromatic carbocycles. The molecule has 142 valence electrons. The first-order valence-electron chi connectivity index (χ1n) is 7.86. The predicted molar refractivity (Wildman–Crippen MR) is 94.6 cm³/mol. The fourth-order valence-corrected chi connectivity index (χ4v) is 2.72. The maximum Gasteiger partial charge on any atom is 0.338 e. The summed E-state index contributed by atoms with van der Waals surface area (Å²) in [5, 5.41) is 11.7. The van der Waals surface area contributed by atoms with Crippen molar-refractivity contribution < 1.29 is 22.7 Å². The number of rotatable bonds is 7. The van der Waals surface area contributed by atoms with E-state index in [1.807, 2.05) is 6.07 Å². The van der Waals surface area contributed by atoms with Crippen molar-refractivity contribution in [2.45, 2.75) is 31.2 Å². The molecule has 0 bridgehead atoms. The van der Waals surface area contributed by atoms with Gasteiger partial charge in [-0.3, -0.25) is 4.79 Å². The largest absolute Gasteiger partial charge is 0.452 e. The van der Waals surface area contributed by atoms with Gasteiger partial charge in [-0.1, -0.05) is 13.8 Å². The monoisotopic (exact) mass is 381 g/mol. The van der Waals surface area contributed by atoms with Crippen LogP contribution in [0.4, 0.5) is 0 Å². The number of hydrogen-bond acceptors (Lipinski definition) is 6. The number of nitriles is 1. The molecule has 1 aromatic rings. The first-order chi connectivity index (χ1) is 11.9. The van der Waals surface area contributed by atoms with Gasteiger partial charge in [0, 0.05) is 14.1 Å². The summed E-state index contributed by atoms with van der Waals surface area (Å²) in [5.41, 5.74) is -0.950. The summed E-state index contributed by atoms with van der Waals surface area (Å²) in [4.78, 5) is 23.9. The summed E-state index contributed by atoms with van der Waals surface area (Å²) in [6.45, 7) is 4.62. The zero-order valence-corrected chi connectivity index (χ0v) is 16.3. The molecular weight excluding hydrogens is 358 g/mol. The second-order valence-electron chi connectivity index (χ2n) is 6.40. The summed E-state index contributed by atoms with van der Waals surface area (Å²) in [5.74, 6) is -1.49. The third-order valence-corrected chi connectivity index (χ3v) is 5.82. The van der Waals surface area contributed by atoms with Gasteiger partial charge in [0.1, 0.15) is 5.54 Å². The average molecular weight is 381 g/mol. The fraction of sp³-hybridized carbons (Fsp3) is 0.471. The Kier molecular flexibility index (Phi) is 6.89. The van der Waals surface area contributed by atoms with E-state index < -0.39 is 34.0 Å². The molecule has 1 rings (SSSR count). The highest BCUT2D eigenvalue weighted by Gasteiger charge is 2.30. The van der Waals surface area contributed by atoms with Crippen LogP contribution in [-0.4, -0.2) is 50.8 Å². The Balaban J connectivity index is 2.72. The van der Waals surface area contributed by atoms with Crippen molar-refractivity contribution in [3.63, 3.8) is 0 Å². The molecular formula is C17H23N3O5S. The molecule has 1 N–H and O–H groups in total. The second-order valence-corrected chi connectivity index (χ2v) is 8.56. The van der Waals surface area contributed by atoms with E-state index in [9.17, 15) is 18.0 Å². The normalized spacial score (nSPS) is 13.8. The Labute approximate surface area is 153 Å². The molecule has 1 atom stereocenters. The van der Waals surface area contributed by atoms with Crippen LogP contribution in [0.3, 0.4) is 0 Å². The maximum absolute atomic E-state index is 12.0. The third-order valence-electron chi connectivity index (χ3n) is 3.99. The summed E-state index contributed by atoms with van der Waals surface area (Å²) in [7, 11) is -0.780. The molecule has 0 radical (unpaired) electrons. The van der Waals surface area contributed by atoms with Crippen LogP contribution in [-0.2, 0) is 19.6 Å². The van der Waals surface area contributed by atoms with Gasteiger partial charge < -0.3 is 10.1 Å². The van der Waals surface area contributed by atoms with Crippen molar-refractivity contribution in [2.75, 3.05) is 20.7 Å². The van der Waals surface area contributed by atoms with E-state index >= 15 is 0 Å². The summed E-state index contributed by atoms with van der Waals surface area (Å²) in [6, 6.07) is 7.22. The minimum absolute atomic E-state index is 0.0403. The molecule has 0 aliphatic carbocycles. The van der Waals surface area contributed by atoms with Crippen molar-refractivity contribution in [2.24, 2.45) is 5.92 Å². The number of carbonyl (C=O) groups excluding carboxylic acids is 2. The van der Waals surface area contributed by atoms with Gasteiger partial charge in [-0.25, -0.2) is 17.5 Å². The van der Waals surface area contributed by atoms with E-state index in [-0.39, 0.29) is 16.4 Å². The van der Waals surface area contributed by atoms with Gasteiger partial charge in [0.25, 0.3) is 5.91 Å². The molecule has 0 saturated heterocycles. The van der Waals surface area contributed by atoms with Crippen molar-refractivity contribution in [3.8, 4) is 6.07 Å². The number of ether oxygens (including phenoxy) is 1. The second kappa shape index (κ2) is 8.29. The van der Waals surface area contributed by atoms with Gasteiger partial charge in [-0.2, -0.15) is 5.26 Å². The Hall–Kier alpha value is -2.44. The molecule has 0 spiro atoms. The predicted octanol–water partition coefficient (Wildman–Crippen LogP) is 1.15. The summed E-state index contributed by atoms with van der Waals surface area (Å²) in [6.07, 6.45) is 0. The van der Waals surface area contributed by atoms with Crippen LogP contribution in [0.15, 0.2) is 29.2 Å². The van der Waals surface area contributed by atoms with Crippen LogP contribution in [0.2, 0.25) is 0 Å². The Morgan fingerprint density at radius 2 is 1.81 bits per heavy atom. The van der Waals surface area contributed by atoms with Gasteiger partial charge in [-0.05, 0) is 37.1 Å². The molecule has 0 unspecified atom stereocenters. The van der Waals surface area contributed by atoms with E-state index in [1.54, 1.807) is 20.8 Å². The fourth-order valence-electron chi connectivity index (χ4n) is 1.82. The first kappa shape index (κ1) is 21.6. The highest BCUT2D eigenvalue weighted by molar-refractivity contribution is 7.89. The molecule has 9 heteroatoms. The van der Waals surface area contributed by atoms with Crippen LogP contribution >= 0.6 is 0 Å². The van der Waals surface area contributed by atoms with Gasteiger partial charge in [0.15, 0.2) is 6.61 Å². The summed E-state index contributed by atoms with van der Waals surface area (Å²) >= 11 is 0. The minimum Gasteiger partial charge on any atom is -0.452 e. The number of amides is 1. The minimum atomic E-state index is -3.59. The van der Waals surface area contributed by atoms with E-state index in [1.165, 1.54) is 38.4 Å². The molecule has 0 fully saturated rings. The maximum atomic E-state index is 12.0. The standard InChI is InChI=1S/C17H23N3O5S/c1-12(2)17(3,11-18)19-15(21)10-25-16(22)13-6-8-14(9-7-13)26(23,24)20(4)5/h6-9,12H,10H2,1-5H3,(H,19,21)/t17-/m1/s1. The van der Waals surface area contributed by atoms with E-state index in [0.29, 0.717) is 0 Å². The summed E-state index contributed by atoms with van der Waals surface area (Å²) < 4.78 is 29.9. The van der Waals surface area contributed by atoms with Gasteiger partial charge >= 0.3 is 5.97 Å². The number of esters is 1. The molecule has 26 heavy (non-hydrogen) atoms. The highest BCUT2D eigenvalue weighted by Crippen LogP contribution is 2.16. The molecule has 0 saturated carbocycles. The number of nitrogens with zero attached hydrogens (tertiary/aromatic N) is 2. The zero-order chi connectivity index (χ0) is 20.1. The average Bonchev–Trinajstić information content (AvgIpc) is 2.59. The van der Waals surface area contributed by atoms with Crippen LogP contribution in [0.1, 0.15) is 31.1 Å². The lowest BCUT2D eigenvalue weighted by Crippen LogP contribution is -2.50. The lowest BCUT2D eigenvalue weighted by Gasteiger charge is -2.27. The van der Waals surface area contributed by atoms with E-state index in [2.05, 4.69) is 5.32 Å². The SMILES string of the molecule is CC(C)[C@@](C)(C#N)NC(=O)COC(=O)c1ccc(S(=O)(=O)N(C)C)cc1. The Morgan fingerprint density at radius 1 is 1.27 bits per heavy atom. The van der Waals surface area contributed by atoms with Crippen molar-refractivity contribution in [1.29, 1.82) is 5.26 Å². The topological polar surface area (TPSA) is 117 Å². The molecule has 0 heterocycles. The highest BCUT2D eigenvalue weighted by atomic mass is 32.2. The Morgan fingerprint density at radius 3 is 2.23 bits per heavy atom. The number of benzene rings is 1. The molecule has 1 amide bonds. The molecule has 0 aromatic heterocycles. The van der Waals surface area contributed by atoms with E-state index in [0.717, 1.165) is 4.31 Å². The van der Waals surface area contributed by atoms with Gasteiger partial charge in [-0.15, -0.1) is 0 Å². The number of nitrogens with one attached hydrogen (secondary N) is 1. The van der Waals surface area contributed by atoms with Crippen LogP contribution in [0, 0.1) is 17.2 Å². The van der Waals surface area contributed by atoms with Crippen molar-refractivity contribution in [1.82, 2.24) is 9.62 Å². The number of sulfonamides is 1. The third kappa shape index (κ3) is 5.03. The van der Waals surface area contributed by atoms with Crippen LogP contribution < -0.4 is 5.32 Å². The number of carbonyl (C=O) groups is 2. The lowest BCUT2D eigenvalue weighted by molar-refractivity contribution is -0.125. The lowest BCUT2D eigenvalue weighted by atomic mass is 9.90. The van der Waals surface area contributed by atoms with Crippen molar-refractivity contribution >= 4 is 21.9 Å². The van der Waals surface area contributed by atoms with Crippen molar-refractivity contribution in [3.05, 3.63) is 29.8 Å². The van der Waals surface area contributed by atoms with Gasteiger partial charge in [0.2, 0.25) is 10.0 Å². The zero-order valence-electron chi connectivity index (χ0n) is 15.4. The Bertz CT molecular complexity index is 810. The van der Waals surface area contributed by atoms with Crippen LogP contribution in [0.5, 0.6) is 0 Å². The smallest absolute Gasteiger partial charge is 0.338 e. The first-order valence-corrected chi connectivity index (χ1v) is 9.30. The van der Waals surface area contributed by atoms with Crippen LogP contribution in [0.25, 0.3) is 0 Å². The van der Waals surface area contributed by atoms with E-state index in [4.69, 9.17) is 10.00 Å². The molecule has 8 nitrogen and oxygen atoms in total. The number of hydrogen-bond donors (Lipinski definition) is 1.